The van der Waals surface area contributed by atoms with E-state index in [0.717, 1.165) is 60.6 Å². The number of furan rings is 1. The number of rotatable bonds is 6. The normalized spacial score (nSPS) is 11.5. The number of fused-ring (bicyclic) bond motifs is 7. The van der Waals surface area contributed by atoms with Gasteiger partial charge in [-0.05, 0) is 48.5 Å². The molecule has 250 valence electrons. The van der Waals surface area contributed by atoms with Crippen molar-refractivity contribution in [3.05, 3.63) is 174 Å². The van der Waals surface area contributed by atoms with E-state index in [9.17, 15) is 10.1 Å². The Balaban J connectivity index is 1.30. The predicted octanol–water partition coefficient (Wildman–Crippen LogP) is 11.4. The zero-order valence-corrected chi connectivity index (χ0v) is 28.0. The number of nitro groups is 1. The van der Waals surface area contributed by atoms with Gasteiger partial charge in [0.05, 0.1) is 32.6 Å². The van der Waals surface area contributed by atoms with Crippen molar-refractivity contribution in [1.82, 2.24) is 19.5 Å². The van der Waals surface area contributed by atoms with Crippen molar-refractivity contribution in [2.45, 2.75) is 0 Å². The van der Waals surface area contributed by atoms with Gasteiger partial charge in [-0.1, -0.05) is 109 Å². The highest BCUT2D eigenvalue weighted by Crippen LogP contribution is 2.44. The van der Waals surface area contributed by atoms with Crippen LogP contribution in [0, 0.1) is 10.1 Å². The molecular formula is C45H27N5O3. The number of nitrogens with zero attached hydrogens (tertiary/aromatic N) is 5. The standard InChI is InChI=1S/C45H27N5O3/c51-50(52)38-21-11-8-18-32(38)35-27-30(45-47-43(28-13-3-1-4-14-28)46-44(48-45)29-15-5-2-6-16-29)23-25-37(35)49-36-20-10-7-17-31(36)33-24-26-40-41(42(33)49)34-19-9-12-22-39(34)53-40/h1-27H. The number of para-hydroxylation sites is 3. The SMILES string of the molecule is O=[N+]([O-])c1ccccc1-c1cc(-c2nc(-c3ccccc3)nc(-c3ccccc3)n2)ccc1-n1c2ccccc2c2ccc3oc4ccccc4c3c21. The van der Waals surface area contributed by atoms with Crippen LogP contribution in [0.3, 0.4) is 0 Å². The first kappa shape index (κ1) is 30.4. The third-order valence-electron chi connectivity index (χ3n) is 9.76. The lowest BCUT2D eigenvalue weighted by molar-refractivity contribution is -0.384. The van der Waals surface area contributed by atoms with Crippen molar-refractivity contribution in [3.8, 4) is 51.0 Å². The van der Waals surface area contributed by atoms with Gasteiger partial charge in [0.1, 0.15) is 11.2 Å². The van der Waals surface area contributed by atoms with Crippen molar-refractivity contribution in [1.29, 1.82) is 0 Å². The Labute approximate surface area is 302 Å². The highest BCUT2D eigenvalue weighted by atomic mass is 16.6. The Morgan fingerprint density at radius 1 is 0.509 bits per heavy atom. The predicted molar refractivity (Wildman–Crippen MR) is 210 cm³/mol. The van der Waals surface area contributed by atoms with Gasteiger partial charge in [0.15, 0.2) is 17.5 Å². The van der Waals surface area contributed by atoms with Crippen molar-refractivity contribution < 1.29 is 9.34 Å². The lowest BCUT2D eigenvalue weighted by Gasteiger charge is -2.16. The molecule has 10 aromatic rings. The zero-order chi connectivity index (χ0) is 35.5. The molecule has 53 heavy (non-hydrogen) atoms. The number of aromatic nitrogens is 4. The third-order valence-corrected chi connectivity index (χ3v) is 9.76. The van der Waals surface area contributed by atoms with Crippen molar-refractivity contribution >= 4 is 49.4 Å². The molecule has 0 amide bonds. The summed E-state index contributed by atoms with van der Waals surface area (Å²) in [6.07, 6.45) is 0. The van der Waals surface area contributed by atoms with Gasteiger partial charge in [0.2, 0.25) is 0 Å². The highest BCUT2D eigenvalue weighted by molar-refractivity contribution is 6.24. The van der Waals surface area contributed by atoms with Crippen LogP contribution in [-0.2, 0) is 0 Å². The van der Waals surface area contributed by atoms with Crippen LogP contribution in [-0.4, -0.2) is 24.4 Å². The van der Waals surface area contributed by atoms with Gasteiger partial charge in [-0.2, -0.15) is 0 Å². The highest BCUT2D eigenvalue weighted by Gasteiger charge is 2.24. The molecule has 0 aliphatic rings. The fourth-order valence-electron chi connectivity index (χ4n) is 7.40. The van der Waals surface area contributed by atoms with Crippen LogP contribution in [0.1, 0.15) is 0 Å². The second-order valence-corrected chi connectivity index (χ2v) is 12.8. The van der Waals surface area contributed by atoms with Gasteiger partial charge in [-0.15, -0.1) is 0 Å². The molecule has 0 bridgehead atoms. The fraction of sp³-hybridized carbons (Fsp3) is 0. The van der Waals surface area contributed by atoms with Gasteiger partial charge >= 0.3 is 0 Å². The molecule has 0 saturated heterocycles. The monoisotopic (exact) mass is 685 g/mol. The Bertz CT molecular complexity index is 2980. The van der Waals surface area contributed by atoms with Crippen molar-refractivity contribution in [3.63, 3.8) is 0 Å². The van der Waals surface area contributed by atoms with E-state index in [2.05, 4.69) is 28.8 Å². The van der Waals surface area contributed by atoms with Crippen molar-refractivity contribution in [2.24, 2.45) is 0 Å². The minimum Gasteiger partial charge on any atom is -0.456 e. The minimum atomic E-state index is -0.330. The molecule has 0 spiro atoms. The van der Waals surface area contributed by atoms with E-state index in [1.54, 1.807) is 18.2 Å². The first-order valence-corrected chi connectivity index (χ1v) is 17.2. The summed E-state index contributed by atoms with van der Waals surface area (Å²) in [5.74, 6) is 1.51. The Kier molecular flexibility index (Phi) is 6.94. The van der Waals surface area contributed by atoms with Gasteiger partial charge in [0, 0.05) is 44.5 Å². The lowest BCUT2D eigenvalue weighted by atomic mass is 9.98. The van der Waals surface area contributed by atoms with Gasteiger partial charge in [-0.25, -0.2) is 15.0 Å². The molecule has 8 nitrogen and oxygen atoms in total. The van der Waals surface area contributed by atoms with Crippen LogP contribution >= 0.6 is 0 Å². The summed E-state index contributed by atoms with van der Waals surface area (Å²) in [5, 5.41) is 16.7. The number of benzene rings is 7. The van der Waals surface area contributed by atoms with Crippen molar-refractivity contribution in [2.75, 3.05) is 0 Å². The zero-order valence-electron chi connectivity index (χ0n) is 28.0. The van der Waals surface area contributed by atoms with Gasteiger partial charge in [-0.3, -0.25) is 10.1 Å². The van der Waals surface area contributed by atoms with E-state index >= 15 is 0 Å². The molecule has 0 saturated carbocycles. The maximum absolute atomic E-state index is 12.6. The van der Waals surface area contributed by atoms with Gasteiger partial charge in [0.25, 0.3) is 5.69 Å². The van der Waals surface area contributed by atoms with Gasteiger partial charge < -0.3 is 8.98 Å². The Morgan fingerprint density at radius 3 is 1.83 bits per heavy atom. The summed E-state index contributed by atoms with van der Waals surface area (Å²) >= 11 is 0. The second kappa shape index (κ2) is 12.1. The lowest BCUT2D eigenvalue weighted by Crippen LogP contribution is -2.02. The first-order valence-electron chi connectivity index (χ1n) is 17.2. The maximum Gasteiger partial charge on any atom is 0.277 e. The van der Waals surface area contributed by atoms with Crippen LogP contribution in [0.25, 0.3) is 94.7 Å². The molecule has 0 atom stereocenters. The van der Waals surface area contributed by atoms with E-state index in [0.29, 0.717) is 34.2 Å². The molecule has 0 radical (unpaired) electrons. The molecule has 0 N–H and O–H groups in total. The average molecular weight is 686 g/mol. The topological polar surface area (TPSA) is 99.9 Å². The summed E-state index contributed by atoms with van der Waals surface area (Å²) in [4.78, 5) is 27.1. The van der Waals surface area contributed by atoms with E-state index in [1.165, 1.54) is 0 Å². The molecule has 3 aromatic heterocycles. The Hall–Kier alpha value is -7.45. The number of nitro benzene ring substituents is 1. The first-order chi connectivity index (χ1) is 26.1. The van der Waals surface area contributed by atoms with Crippen LogP contribution in [0.15, 0.2) is 168 Å². The smallest absolute Gasteiger partial charge is 0.277 e. The van der Waals surface area contributed by atoms with Crippen LogP contribution in [0.5, 0.6) is 0 Å². The van der Waals surface area contributed by atoms with E-state index < -0.39 is 0 Å². The number of hydrogen-bond acceptors (Lipinski definition) is 6. The summed E-state index contributed by atoms with van der Waals surface area (Å²) in [6, 6.07) is 52.8. The molecule has 0 aliphatic carbocycles. The molecule has 3 heterocycles. The van der Waals surface area contributed by atoms with E-state index in [1.807, 2.05) is 121 Å². The molecular weight excluding hydrogens is 659 g/mol. The molecule has 7 aromatic carbocycles. The summed E-state index contributed by atoms with van der Waals surface area (Å²) in [7, 11) is 0. The summed E-state index contributed by atoms with van der Waals surface area (Å²) in [5.41, 5.74) is 7.77. The average Bonchev–Trinajstić information content (AvgIpc) is 3.77. The van der Waals surface area contributed by atoms with E-state index in [-0.39, 0.29) is 10.6 Å². The maximum atomic E-state index is 12.6. The van der Waals surface area contributed by atoms with Crippen LogP contribution < -0.4 is 0 Å². The summed E-state index contributed by atoms with van der Waals surface area (Å²) < 4.78 is 8.57. The minimum absolute atomic E-state index is 0.00355. The third kappa shape index (κ3) is 4.96. The molecule has 0 aliphatic heterocycles. The quantitative estimate of drug-likeness (QED) is 0.128. The second-order valence-electron chi connectivity index (χ2n) is 12.8. The largest absolute Gasteiger partial charge is 0.456 e. The molecule has 0 fully saturated rings. The molecule has 10 rings (SSSR count). The van der Waals surface area contributed by atoms with Crippen LogP contribution in [0.2, 0.25) is 0 Å². The Morgan fingerprint density at radius 2 is 1.11 bits per heavy atom. The van der Waals surface area contributed by atoms with Crippen LogP contribution in [0.4, 0.5) is 5.69 Å². The summed E-state index contributed by atoms with van der Waals surface area (Å²) in [6.45, 7) is 0. The number of hydrogen-bond donors (Lipinski definition) is 0. The molecule has 8 heteroatoms. The van der Waals surface area contributed by atoms with E-state index in [4.69, 9.17) is 19.4 Å². The fourth-order valence-corrected chi connectivity index (χ4v) is 7.40. The molecule has 0 unspecified atom stereocenters.